The molecule has 0 bridgehead atoms. The molecule has 1 N–H and O–H groups in total. The predicted molar refractivity (Wildman–Crippen MR) is 108 cm³/mol. The molecule has 0 fully saturated rings. The van der Waals surface area contributed by atoms with E-state index >= 15 is 0 Å². The van der Waals surface area contributed by atoms with Crippen molar-refractivity contribution in [3.63, 3.8) is 0 Å². The van der Waals surface area contributed by atoms with E-state index in [1.807, 2.05) is 6.92 Å². The van der Waals surface area contributed by atoms with Gasteiger partial charge in [-0.3, -0.25) is 0 Å². The second-order valence-electron chi connectivity index (χ2n) is 6.56. The molecule has 150 valence electrons. The van der Waals surface area contributed by atoms with E-state index in [2.05, 4.69) is 22.3 Å². The smallest absolute Gasteiger partial charge is 0.338 e. The van der Waals surface area contributed by atoms with Crippen molar-refractivity contribution in [3.8, 4) is 0 Å². The average Bonchev–Trinajstić information content (AvgIpc) is 3.07. The fraction of sp³-hybridized carbons (Fsp3) is 0.450. The fourth-order valence-corrected chi connectivity index (χ4v) is 3.96. The first-order valence-corrected chi connectivity index (χ1v) is 10.5. The lowest BCUT2D eigenvalue weighted by Gasteiger charge is -2.28. The number of hydrogen-bond acceptors (Lipinski definition) is 6. The van der Waals surface area contributed by atoms with Crippen molar-refractivity contribution in [3.05, 3.63) is 46.9 Å². The van der Waals surface area contributed by atoms with Crippen molar-refractivity contribution in [2.45, 2.75) is 51.2 Å². The quantitative estimate of drug-likeness (QED) is 0.395. The molecule has 0 unspecified atom stereocenters. The van der Waals surface area contributed by atoms with E-state index in [1.165, 1.54) is 18.6 Å². The second-order valence-corrected chi connectivity index (χ2v) is 7.62. The summed E-state index contributed by atoms with van der Waals surface area (Å²) in [5, 5.41) is 8.45. The number of esters is 1. The fourth-order valence-electron chi connectivity index (χ4n) is 3.13. The summed E-state index contributed by atoms with van der Waals surface area (Å²) in [5.41, 5.74) is 1.86. The predicted octanol–water partition coefficient (Wildman–Crippen LogP) is 4.55. The first-order chi connectivity index (χ1) is 13.5. The molecular weight excluding hydrogens is 379 g/mol. The van der Waals surface area contributed by atoms with Crippen LogP contribution in [0.25, 0.3) is 0 Å². The highest BCUT2D eigenvalue weighted by Crippen LogP contribution is 2.36. The van der Waals surface area contributed by atoms with E-state index in [4.69, 9.17) is 4.74 Å². The molecule has 1 aliphatic rings. The van der Waals surface area contributed by atoms with Gasteiger partial charge in [-0.25, -0.2) is 13.9 Å². The lowest BCUT2D eigenvalue weighted by Crippen LogP contribution is -2.29. The molecule has 0 saturated heterocycles. The molecule has 0 amide bonds. The number of aromatic nitrogens is 3. The van der Waals surface area contributed by atoms with Gasteiger partial charge in [-0.2, -0.15) is 4.98 Å². The summed E-state index contributed by atoms with van der Waals surface area (Å²) in [6.45, 7) is 6.02. The number of nitrogens with one attached hydrogen (secondary N) is 1. The van der Waals surface area contributed by atoms with Crippen molar-refractivity contribution in [2.24, 2.45) is 0 Å². The minimum atomic E-state index is -0.520. The van der Waals surface area contributed by atoms with Crippen LogP contribution < -0.4 is 5.32 Å². The third-order valence-corrected chi connectivity index (χ3v) is 5.42. The van der Waals surface area contributed by atoms with Gasteiger partial charge in [0.05, 0.1) is 12.2 Å². The number of unbranched alkanes of at least 4 members (excludes halogenated alkanes) is 2. The van der Waals surface area contributed by atoms with Crippen molar-refractivity contribution in [1.29, 1.82) is 0 Å². The molecule has 0 saturated carbocycles. The summed E-state index contributed by atoms with van der Waals surface area (Å²) in [6, 6.07) is 5.57. The molecule has 2 heterocycles. The van der Waals surface area contributed by atoms with Gasteiger partial charge in [0.1, 0.15) is 11.9 Å². The van der Waals surface area contributed by atoms with Crippen LogP contribution in [0, 0.1) is 5.82 Å². The normalized spacial score (nSPS) is 15.9. The van der Waals surface area contributed by atoms with Gasteiger partial charge in [-0.05, 0) is 38.0 Å². The SMILES string of the molecule is CCCCCSc1nc2n(n1)[C@@H](c1ccc(F)cc1)C(C(=O)OCC)=C(C)N2. The van der Waals surface area contributed by atoms with Crippen molar-refractivity contribution < 1.29 is 13.9 Å². The summed E-state index contributed by atoms with van der Waals surface area (Å²) >= 11 is 1.60. The third-order valence-electron chi connectivity index (χ3n) is 4.49. The van der Waals surface area contributed by atoms with Crippen LogP contribution in [-0.2, 0) is 9.53 Å². The monoisotopic (exact) mass is 404 g/mol. The molecule has 1 aliphatic heterocycles. The Morgan fingerprint density at radius 2 is 2.04 bits per heavy atom. The standard InChI is InChI=1S/C20H25FN4O2S/c1-4-6-7-12-28-20-23-19-22-13(3)16(18(26)27-5-2)17(25(19)24-20)14-8-10-15(21)11-9-14/h8-11,17H,4-7,12H2,1-3H3,(H,22,23,24)/t17-/m0/s1. The van der Waals surface area contributed by atoms with Crippen LogP contribution in [0.4, 0.5) is 10.3 Å². The van der Waals surface area contributed by atoms with Gasteiger partial charge < -0.3 is 10.1 Å². The largest absolute Gasteiger partial charge is 0.463 e. The Morgan fingerprint density at radius 1 is 1.29 bits per heavy atom. The van der Waals surface area contributed by atoms with Gasteiger partial charge in [0.2, 0.25) is 11.1 Å². The molecule has 28 heavy (non-hydrogen) atoms. The van der Waals surface area contributed by atoms with Crippen molar-refractivity contribution in [1.82, 2.24) is 14.8 Å². The number of allylic oxidation sites excluding steroid dienone is 1. The summed E-state index contributed by atoms with van der Waals surface area (Å²) in [4.78, 5) is 17.2. The molecule has 3 rings (SSSR count). The zero-order valence-corrected chi connectivity index (χ0v) is 17.2. The van der Waals surface area contributed by atoms with Crippen LogP contribution in [0.15, 0.2) is 40.7 Å². The van der Waals surface area contributed by atoms with Crippen LogP contribution in [-0.4, -0.2) is 33.1 Å². The van der Waals surface area contributed by atoms with E-state index in [9.17, 15) is 9.18 Å². The number of benzene rings is 1. The van der Waals surface area contributed by atoms with Crippen molar-refractivity contribution >= 4 is 23.7 Å². The lowest BCUT2D eigenvalue weighted by molar-refractivity contribution is -0.139. The molecule has 0 aliphatic carbocycles. The molecule has 0 radical (unpaired) electrons. The van der Waals surface area contributed by atoms with E-state index in [0.717, 1.165) is 24.2 Å². The molecular formula is C20H25FN4O2S. The summed E-state index contributed by atoms with van der Waals surface area (Å²) in [6.07, 6.45) is 3.43. The van der Waals surface area contributed by atoms with Crippen molar-refractivity contribution in [2.75, 3.05) is 17.7 Å². The summed E-state index contributed by atoms with van der Waals surface area (Å²) in [5.74, 6) is 0.760. The maximum atomic E-state index is 13.5. The molecule has 6 nitrogen and oxygen atoms in total. The number of thioether (sulfide) groups is 1. The minimum Gasteiger partial charge on any atom is -0.463 e. The zero-order valence-electron chi connectivity index (χ0n) is 16.4. The highest BCUT2D eigenvalue weighted by atomic mass is 32.2. The number of hydrogen-bond donors (Lipinski definition) is 1. The Balaban J connectivity index is 1.97. The Hall–Kier alpha value is -2.35. The highest BCUT2D eigenvalue weighted by Gasteiger charge is 2.35. The number of anilines is 1. The Kier molecular flexibility index (Phi) is 6.72. The Morgan fingerprint density at radius 3 is 2.71 bits per heavy atom. The topological polar surface area (TPSA) is 69.0 Å². The van der Waals surface area contributed by atoms with Gasteiger partial charge in [-0.15, -0.1) is 5.10 Å². The summed E-state index contributed by atoms with van der Waals surface area (Å²) < 4.78 is 20.4. The zero-order chi connectivity index (χ0) is 20.1. The van der Waals surface area contributed by atoms with Crippen LogP contribution in [0.3, 0.4) is 0 Å². The Bertz CT molecular complexity index is 864. The van der Waals surface area contributed by atoms with Gasteiger partial charge in [0.25, 0.3) is 0 Å². The maximum Gasteiger partial charge on any atom is 0.338 e. The van der Waals surface area contributed by atoms with Crippen LogP contribution >= 0.6 is 11.8 Å². The van der Waals surface area contributed by atoms with Gasteiger partial charge in [0.15, 0.2) is 0 Å². The van der Waals surface area contributed by atoms with Gasteiger partial charge >= 0.3 is 5.97 Å². The van der Waals surface area contributed by atoms with Gasteiger partial charge in [-0.1, -0.05) is 43.7 Å². The van der Waals surface area contributed by atoms with E-state index in [1.54, 1.807) is 35.5 Å². The first-order valence-electron chi connectivity index (χ1n) is 9.54. The Labute approximate surface area is 168 Å². The number of carbonyl (C=O) groups excluding carboxylic acids is 1. The molecule has 1 aromatic carbocycles. The highest BCUT2D eigenvalue weighted by molar-refractivity contribution is 7.99. The van der Waals surface area contributed by atoms with Crippen LogP contribution in [0.5, 0.6) is 0 Å². The number of halogens is 1. The lowest BCUT2D eigenvalue weighted by atomic mass is 9.96. The van der Waals surface area contributed by atoms with E-state index < -0.39 is 12.0 Å². The number of fused-ring (bicyclic) bond motifs is 1. The van der Waals surface area contributed by atoms with Crippen LogP contribution in [0.2, 0.25) is 0 Å². The van der Waals surface area contributed by atoms with E-state index in [-0.39, 0.29) is 12.4 Å². The first kappa shape index (κ1) is 20.4. The van der Waals surface area contributed by atoms with Gasteiger partial charge in [0, 0.05) is 11.4 Å². The molecule has 0 spiro atoms. The maximum absolute atomic E-state index is 13.5. The molecule has 1 aromatic heterocycles. The molecule has 1 atom stereocenters. The van der Waals surface area contributed by atoms with E-state index in [0.29, 0.717) is 22.4 Å². The average molecular weight is 405 g/mol. The number of rotatable bonds is 8. The molecule has 8 heteroatoms. The summed E-state index contributed by atoms with van der Waals surface area (Å²) in [7, 11) is 0. The second kappa shape index (κ2) is 9.23. The number of ether oxygens (including phenoxy) is 1. The number of carbonyl (C=O) groups is 1. The molecule has 2 aromatic rings. The minimum absolute atomic E-state index is 0.272. The number of nitrogens with zero attached hydrogens (tertiary/aromatic N) is 3. The third kappa shape index (κ3) is 4.38. The van der Waals surface area contributed by atoms with Crippen LogP contribution in [0.1, 0.15) is 51.6 Å².